The maximum Gasteiger partial charge on any atom is 0.266 e. The van der Waals surface area contributed by atoms with Gasteiger partial charge in [0.25, 0.3) is 5.56 Å². The van der Waals surface area contributed by atoms with E-state index < -0.39 is 0 Å². The van der Waals surface area contributed by atoms with Gasteiger partial charge >= 0.3 is 0 Å². The lowest BCUT2D eigenvalue weighted by molar-refractivity contribution is -0.121. The molecule has 1 aliphatic heterocycles. The summed E-state index contributed by atoms with van der Waals surface area (Å²) in [6, 6.07) is 4.58. The highest BCUT2D eigenvalue weighted by atomic mass is 35.5. The van der Waals surface area contributed by atoms with Crippen molar-refractivity contribution in [1.29, 1.82) is 0 Å². The lowest BCUT2D eigenvalue weighted by atomic mass is 10.0. The molecule has 1 aliphatic rings. The monoisotopic (exact) mass is 347 g/mol. The maximum absolute atomic E-state index is 12.4. The minimum atomic E-state index is -0.348. The van der Waals surface area contributed by atoms with E-state index in [9.17, 15) is 9.59 Å². The molecule has 7 nitrogen and oxygen atoms in total. The number of hydrogen-bond acceptors (Lipinski definition) is 5. The molecule has 0 aliphatic carbocycles. The summed E-state index contributed by atoms with van der Waals surface area (Å²) in [4.78, 5) is 30.3. The normalized spacial score (nSPS) is 15.6. The molecule has 0 saturated carbocycles. The molecule has 24 heavy (non-hydrogen) atoms. The highest BCUT2D eigenvalue weighted by Crippen LogP contribution is 2.18. The van der Waals surface area contributed by atoms with Crippen molar-refractivity contribution < 1.29 is 4.79 Å². The third-order valence-electron chi connectivity index (χ3n) is 4.17. The second-order valence-electron chi connectivity index (χ2n) is 5.83. The molecular weight excluding hydrogens is 330 g/mol. The van der Waals surface area contributed by atoms with Crippen LogP contribution in [0.3, 0.4) is 0 Å². The summed E-state index contributed by atoms with van der Waals surface area (Å²) in [5, 5.41) is 7.58. The summed E-state index contributed by atoms with van der Waals surface area (Å²) >= 11 is 5.79. The minimum Gasteiger partial charge on any atom is -0.309 e. The Labute approximate surface area is 144 Å². The van der Waals surface area contributed by atoms with E-state index in [0.717, 1.165) is 11.3 Å². The number of anilines is 1. The van der Waals surface area contributed by atoms with E-state index in [1.807, 2.05) is 11.8 Å². The van der Waals surface area contributed by atoms with Gasteiger partial charge in [-0.15, -0.1) is 0 Å². The van der Waals surface area contributed by atoms with Gasteiger partial charge in [-0.3, -0.25) is 14.5 Å². The van der Waals surface area contributed by atoms with Gasteiger partial charge in [-0.05, 0) is 24.6 Å². The largest absolute Gasteiger partial charge is 0.309 e. The quantitative estimate of drug-likeness (QED) is 0.902. The molecule has 0 radical (unpaired) electrons. The second-order valence-corrected chi connectivity index (χ2v) is 6.26. The second kappa shape index (κ2) is 6.70. The Hall–Kier alpha value is -2.25. The van der Waals surface area contributed by atoms with Crippen LogP contribution in [0.2, 0.25) is 5.02 Å². The van der Waals surface area contributed by atoms with Crippen molar-refractivity contribution in [2.24, 2.45) is 7.05 Å². The fourth-order valence-electron chi connectivity index (χ4n) is 2.69. The van der Waals surface area contributed by atoms with Gasteiger partial charge in [-0.1, -0.05) is 11.6 Å². The van der Waals surface area contributed by atoms with Crippen molar-refractivity contribution in [2.45, 2.75) is 25.9 Å². The Balaban J connectivity index is 1.70. The highest BCUT2D eigenvalue weighted by Gasteiger charge is 2.26. The number of carbonyl (C=O) groups excluding carboxylic acids is 1. The van der Waals surface area contributed by atoms with E-state index in [4.69, 9.17) is 11.6 Å². The van der Waals surface area contributed by atoms with E-state index in [1.54, 1.807) is 25.2 Å². The van der Waals surface area contributed by atoms with Crippen LogP contribution in [0.1, 0.15) is 18.2 Å². The molecule has 3 heterocycles. The average Bonchev–Trinajstić information content (AvgIpc) is 2.57. The van der Waals surface area contributed by atoms with Crippen LogP contribution in [0, 0.1) is 0 Å². The molecule has 2 aromatic rings. The highest BCUT2D eigenvalue weighted by molar-refractivity contribution is 6.30. The van der Waals surface area contributed by atoms with Gasteiger partial charge in [0, 0.05) is 38.8 Å². The lowest BCUT2D eigenvalue weighted by Gasteiger charge is -2.32. The molecule has 1 N–H and O–H groups in total. The number of halogens is 1. The first-order valence-electron chi connectivity index (χ1n) is 7.66. The zero-order valence-electron chi connectivity index (χ0n) is 13.5. The van der Waals surface area contributed by atoms with Crippen LogP contribution in [-0.2, 0) is 24.8 Å². The summed E-state index contributed by atoms with van der Waals surface area (Å²) in [5.74, 6) is 0.314. The van der Waals surface area contributed by atoms with Gasteiger partial charge < -0.3 is 5.32 Å². The number of carbonyl (C=O) groups is 1. The summed E-state index contributed by atoms with van der Waals surface area (Å²) < 4.78 is 1.34. The van der Waals surface area contributed by atoms with Crippen molar-refractivity contribution in [3.05, 3.63) is 51.0 Å². The number of nitrogens with zero attached hydrogens (tertiary/aromatic N) is 4. The van der Waals surface area contributed by atoms with E-state index in [-0.39, 0.29) is 17.5 Å². The number of fused-ring (bicyclic) bond motifs is 1. The van der Waals surface area contributed by atoms with Crippen LogP contribution in [0.25, 0.3) is 0 Å². The molecule has 3 rings (SSSR count). The van der Waals surface area contributed by atoms with Gasteiger partial charge in [0.15, 0.2) is 0 Å². The average molecular weight is 348 g/mol. The Bertz CT molecular complexity index is 818. The van der Waals surface area contributed by atoms with E-state index in [0.29, 0.717) is 30.4 Å². The van der Waals surface area contributed by atoms with E-state index in [2.05, 4.69) is 15.4 Å². The maximum atomic E-state index is 12.4. The van der Waals surface area contributed by atoms with Crippen LogP contribution in [-0.4, -0.2) is 38.2 Å². The third-order valence-corrected chi connectivity index (χ3v) is 4.40. The zero-order chi connectivity index (χ0) is 17.3. The summed E-state index contributed by atoms with van der Waals surface area (Å²) in [7, 11) is 1.64. The van der Waals surface area contributed by atoms with Crippen molar-refractivity contribution >= 4 is 23.3 Å². The molecule has 0 aromatic carbocycles. The van der Waals surface area contributed by atoms with Gasteiger partial charge in [-0.25, -0.2) is 9.67 Å². The smallest absolute Gasteiger partial charge is 0.266 e. The standard InChI is InChI=1S/C16H18ClN5O2/c1-10(16(24)19-14-4-3-12(17)8-18-14)22-6-5-13-11(9-22)7-15(23)21(2)20-13/h3-4,7-8,10H,5-6,9H2,1-2H3,(H,18,19,24)/t10-/m1/s1. The summed E-state index contributed by atoms with van der Waals surface area (Å²) in [6.07, 6.45) is 2.20. The molecular formula is C16H18ClN5O2. The Morgan fingerprint density at radius 1 is 1.42 bits per heavy atom. The van der Waals surface area contributed by atoms with Crippen LogP contribution in [0.15, 0.2) is 29.2 Å². The van der Waals surface area contributed by atoms with Crippen molar-refractivity contribution in [3.8, 4) is 0 Å². The Morgan fingerprint density at radius 2 is 2.21 bits per heavy atom. The first-order valence-corrected chi connectivity index (χ1v) is 8.04. The predicted molar refractivity (Wildman–Crippen MR) is 90.9 cm³/mol. The number of amides is 1. The number of rotatable bonds is 3. The van der Waals surface area contributed by atoms with Gasteiger partial charge in [0.05, 0.1) is 16.8 Å². The molecule has 0 bridgehead atoms. The van der Waals surface area contributed by atoms with E-state index >= 15 is 0 Å². The molecule has 8 heteroatoms. The number of hydrogen-bond donors (Lipinski definition) is 1. The fourth-order valence-corrected chi connectivity index (χ4v) is 2.80. The van der Waals surface area contributed by atoms with Crippen molar-refractivity contribution in [3.63, 3.8) is 0 Å². The fraction of sp³-hybridized carbons (Fsp3) is 0.375. The third kappa shape index (κ3) is 3.47. The summed E-state index contributed by atoms with van der Waals surface area (Å²) in [5.41, 5.74) is 1.66. The molecule has 1 atom stereocenters. The molecule has 1 amide bonds. The van der Waals surface area contributed by atoms with Crippen molar-refractivity contribution in [2.75, 3.05) is 11.9 Å². The number of aromatic nitrogens is 3. The van der Waals surface area contributed by atoms with Gasteiger partial charge in [0.1, 0.15) is 5.82 Å². The van der Waals surface area contributed by atoms with Crippen LogP contribution < -0.4 is 10.9 Å². The summed E-state index contributed by atoms with van der Waals surface area (Å²) in [6.45, 7) is 3.08. The number of aryl methyl sites for hydroxylation is 1. The molecule has 0 saturated heterocycles. The van der Waals surface area contributed by atoms with E-state index in [1.165, 1.54) is 10.9 Å². The number of nitrogens with one attached hydrogen (secondary N) is 1. The first kappa shape index (κ1) is 16.6. The Kier molecular flexibility index (Phi) is 4.64. The lowest BCUT2D eigenvalue weighted by Crippen LogP contribution is -2.45. The zero-order valence-corrected chi connectivity index (χ0v) is 14.2. The van der Waals surface area contributed by atoms with Gasteiger partial charge in [0.2, 0.25) is 5.91 Å². The Morgan fingerprint density at radius 3 is 2.92 bits per heavy atom. The molecule has 0 spiro atoms. The number of pyridine rings is 1. The van der Waals surface area contributed by atoms with Crippen LogP contribution in [0.4, 0.5) is 5.82 Å². The van der Waals surface area contributed by atoms with Crippen LogP contribution in [0.5, 0.6) is 0 Å². The van der Waals surface area contributed by atoms with Crippen molar-refractivity contribution in [1.82, 2.24) is 19.7 Å². The first-order chi connectivity index (χ1) is 11.4. The molecule has 0 fully saturated rings. The molecule has 126 valence electrons. The predicted octanol–water partition coefficient (Wildman–Crippen LogP) is 1.21. The molecule has 0 unspecified atom stereocenters. The topological polar surface area (TPSA) is 80.1 Å². The molecule has 2 aromatic heterocycles. The SMILES string of the molecule is C[C@H](C(=O)Nc1ccc(Cl)cn1)N1CCc2nn(C)c(=O)cc2C1. The minimum absolute atomic E-state index is 0.141. The van der Waals surface area contributed by atoms with Gasteiger partial charge in [-0.2, -0.15) is 5.10 Å². The van der Waals surface area contributed by atoms with Crippen LogP contribution >= 0.6 is 11.6 Å².